The fourth-order valence-corrected chi connectivity index (χ4v) is 1.61. The second-order valence-electron chi connectivity index (χ2n) is 3.88. The van der Waals surface area contributed by atoms with Gasteiger partial charge in [-0.15, -0.1) is 0 Å². The highest BCUT2D eigenvalue weighted by molar-refractivity contribution is 5.29. The van der Waals surface area contributed by atoms with Crippen LogP contribution < -0.4 is 5.32 Å². The van der Waals surface area contributed by atoms with Crippen LogP contribution in [0.2, 0.25) is 0 Å². The Morgan fingerprint density at radius 2 is 2.12 bits per heavy atom. The fourth-order valence-electron chi connectivity index (χ4n) is 1.61. The first-order valence-electron chi connectivity index (χ1n) is 5.43. The number of benzene rings is 1. The molecule has 0 heterocycles. The van der Waals surface area contributed by atoms with Crippen molar-refractivity contribution in [1.29, 1.82) is 0 Å². The molecule has 3 N–H and O–H groups in total. The zero-order chi connectivity index (χ0) is 12.1. The van der Waals surface area contributed by atoms with Gasteiger partial charge in [0.25, 0.3) is 0 Å². The summed E-state index contributed by atoms with van der Waals surface area (Å²) in [6.45, 7) is 3.81. The number of aliphatic hydroxyl groups excluding tert-OH is 1. The lowest BCUT2D eigenvalue weighted by atomic mass is 10.1. The molecule has 4 heteroatoms. The Bertz CT molecular complexity index is 340. The molecule has 0 bridgehead atoms. The van der Waals surface area contributed by atoms with E-state index in [1.54, 1.807) is 6.07 Å². The van der Waals surface area contributed by atoms with Crippen LogP contribution in [0.5, 0.6) is 5.75 Å². The van der Waals surface area contributed by atoms with Crippen molar-refractivity contribution < 1.29 is 14.6 Å². The molecule has 1 rings (SSSR count). The molecule has 90 valence electrons. The molecule has 0 spiro atoms. The monoisotopic (exact) mass is 227 g/mol. The number of nitrogens with one attached hydrogen (secondary N) is 1. The summed E-state index contributed by atoms with van der Waals surface area (Å²) in [4.78, 5) is 0. The average Bonchev–Trinajstić information content (AvgIpc) is 2.25. The SMILES string of the molecule is CC[C@@H](CO)NC(C)c1ccc(O)cc1F. The van der Waals surface area contributed by atoms with Crippen LogP contribution in [0.25, 0.3) is 0 Å². The first kappa shape index (κ1) is 12.9. The Morgan fingerprint density at radius 1 is 1.44 bits per heavy atom. The van der Waals surface area contributed by atoms with Crippen molar-refractivity contribution in [1.82, 2.24) is 5.32 Å². The van der Waals surface area contributed by atoms with Crippen LogP contribution in [0, 0.1) is 5.82 Å². The van der Waals surface area contributed by atoms with E-state index < -0.39 is 5.82 Å². The van der Waals surface area contributed by atoms with Gasteiger partial charge in [0.05, 0.1) is 6.61 Å². The Balaban J connectivity index is 2.76. The third-order valence-corrected chi connectivity index (χ3v) is 2.65. The normalized spacial score (nSPS) is 14.8. The maximum Gasteiger partial charge on any atom is 0.131 e. The van der Waals surface area contributed by atoms with Crippen molar-refractivity contribution in [2.45, 2.75) is 32.4 Å². The minimum Gasteiger partial charge on any atom is -0.508 e. The van der Waals surface area contributed by atoms with Gasteiger partial charge in [0.1, 0.15) is 11.6 Å². The second-order valence-corrected chi connectivity index (χ2v) is 3.88. The number of aliphatic hydroxyl groups is 1. The van der Waals surface area contributed by atoms with Crippen LogP contribution in [-0.2, 0) is 0 Å². The van der Waals surface area contributed by atoms with E-state index in [-0.39, 0.29) is 24.4 Å². The first-order valence-corrected chi connectivity index (χ1v) is 5.43. The van der Waals surface area contributed by atoms with Gasteiger partial charge in [-0.05, 0) is 19.4 Å². The van der Waals surface area contributed by atoms with Crippen molar-refractivity contribution in [3.05, 3.63) is 29.6 Å². The summed E-state index contributed by atoms with van der Waals surface area (Å²) in [7, 11) is 0. The van der Waals surface area contributed by atoms with Crippen molar-refractivity contribution in [3.63, 3.8) is 0 Å². The summed E-state index contributed by atoms with van der Waals surface area (Å²) in [6.07, 6.45) is 0.778. The predicted molar refractivity (Wildman–Crippen MR) is 60.8 cm³/mol. The molecule has 0 aliphatic heterocycles. The zero-order valence-electron chi connectivity index (χ0n) is 9.57. The smallest absolute Gasteiger partial charge is 0.131 e. The van der Waals surface area contributed by atoms with E-state index in [2.05, 4.69) is 5.32 Å². The van der Waals surface area contributed by atoms with E-state index in [1.807, 2.05) is 13.8 Å². The van der Waals surface area contributed by atoms with E-state index >= 15 is 0 Å². The molecule has 0 saturated heterocycles. The molecule has 1 unspecified atom stereocenters. The molecular weight excluding hydrogens is 209 g/mol. The number of aromatic hydroxyl groups is 1. The fraction of sp³-hybridized carbons (Fsp3) is 0.500. The van der Waals surface area contributed by atoms with Crippen LogP contribution in [-0.4, -0.2) is 22.9 Å². The molecular formula is C12H18FNO2. The second kappa shape index (κ2) is 5.82. The summed E-state index contributed by atoms with van der Waals surface area (Å²) < 4.78 is 13.5. The lowest BCUT2D eigenvalue weighted by Gasteiger charge is -2.21. The van der Waals surface area contributed by atoms with Crippen molar-refractivity contribution in [3.8, 4) is 5.75 Å². The first-order chi connectivity index (χ1) is 7.58. The third-order valence-electron chi connectivity index (χ3n) is 2.65. The highest BCUT2D eigenvalue weighted by Crippen LogP contribution is 2.21. The number of rotatable bonds is 5. The molecule has 0 radical (unpaired) electrons. The molecule has 0 saturated carbocycles. The van der Waals surface area contributed by atoms with E-state index in [1.165, 1.54) is 6.07 Å². The Labute approximate surface area is 94.9 Å². The highest BCUT2D eigenvalue weighted by Gasteiger charge is 2.14. The standard InChI is InChI=1S/C12H18FNO2/c1-3-9(7-15)14-8(2)11-5-4-10(16)6-12(11)13/h4-6,8-9,14-16H,3,7H2,1-2H3/t8?,9-/m0/s1. The van der Waals surface area contributed by atoms with Gasteiger partial charge >= 0.3 is 0 Å². The van der Waals surface area contributed by atoms with E-state index in [9.17, 15) is 4.39 Å². The molecule has 16 heavy (non-hydrogen) atoms. The molecule has 1 aromatic rings. The highest BCUT2D eigenvalue weighted by atomic mass is 19.1. The quantitative estimate of drug-likeness (QED) is 0.720. The van der Waals surface area contributed by atoms with Gasteiger partial charge in [-0.25, -0.2) is 4.39 Å². The number of phenolic OH excluding ortho intramolecular Hbond substituents is 1. The topological polar surface area (TPSA) is 52.5 Å². The van der Waals surface area contributed by atoms with Gasteiger partial charge in [-0.1, -0.05) is 13.0 Å². The van der Waals surface area contributed by atoms with Gasteiger partial charge in [0.2, 0.25) is 0 Å². The molecule has 0 aliphatic rings. The Hall–Kier alpha value is -1.13. The van der Waals surface area contributed by atoms with Crippen molar-refractivity contribution >= 4 is 0 Å². The molecule has 0 amide bonds. The summed E-state index contributed by atoms with van der Waals surface area (Å²) in [6, 6.07) is 3.86. The maximum atomic E-state index is 13.5. The summed E-state index contributed by atoms with van der Waals surface area (Å²) >= 11 is 0. The Kier molecular flexibility index (Phi) is 4.71. The summed E-state index contributed by atoms with van der Waals surface area (Å²) in [5.74, 6) is -0.518. The lowest BCUT2D eigenvalue weighted by molar-refractivity contribution is 0.229. The molecule has 0 fully saturated rings. The zero-order valence-corrected chi connectivity index (χ0v) is 9.57. The van der Waals surface area contributed by atoms with Crippen LogP contribution in [0.15, 0.2) is 18.2 Å². The van der Waals surface area contributed by atoms with Crippen molar-refractivity contribution in [2.75, 3.05) is 6.61 Å². The van der Waals surface area contributed by atoms with E-state index in [0.717, 1.165) is 12.5 Å². The average molecular weight is 227 g/mol. The van der Waals surface area contributed by atoms with Gasteiger partial charge in [-0.3, -0.25) is 0 Å². The minimum absolute atomic E-state index is 0.0283. The largest absolute Gasteiger partial charge is 0.508 e. The third kappa shape index (κ3) is 3.18. The van der Waals surface area contributed by atoms with Gasteiger partial charge in [-0.2, -0.15) is 0 Å². The number of hydrogen-bond donors (Lipinski definition) is 3. The lowest BCUT2D eigenvalue weighted by Crippen LogP contribution is -2.34. The number of hydrogen-bond acceptors (Lipinski definition) is 3. The summed E-state index contributed by atoms with van der Waals surface area (Å²) in [5, 5.41) is 21.3. The van der Waals surface area contributed by atoms with Crippen LogP contribution in [0.4, 0.5) is 4.39 Å². The predicted octanol–water partition coefficient (Wildman–Crippen LogP) is 1.95. The van der Waals surface area contributed by atoms with Crippen LogP contribution >= 0.6 is 0 Å². The molecule has 0 aromatic heterocycles. The molecule has 0 aliphatic carbocycles. The van der Waals surface area contributed by atoms with E-state index in [4.69, 9.17) is 10.2 Å². The van der Waals surface area contributed by atoms with Crippen LogP contribution in [0.3, 0.4) is 0 Å². The van der Waals surface area contributed by atoms with Crippen LogP contribution in [0.1, 0.15) is 31.9 Å². The Morgan fingerprint density at radius 3 is 2.62 bits per heavy atom. The molecule has 2 atom stereocenters. The number of phenols is 1. The molecule has 1 aromatic carbocycles. The van der Waals surface area contributed by atoms with Gasteiger partial charge in [0.15, 0.2) is 0 Å². The van der Waals surface area contributed by atoms with E-state index in [0.29, 0.717) is 5.56 Å². The summed E-state index contributed by atoms with van der Waals surface area (Å²) in [5.41, 5.74) is 0.490. The maximum absolute atomic E-state index is 13.5. The van der Waals surface area contributed by atoms with Crippen molar-refractivity contribution in [2.24, 2.45) is 0 Å². The molecule has 3 nitrogen and oxygen atoms in total. The van der Waals surface area contributed by atoms with Gasteiger partial charge in [0, 0.05) is 23.7 Å². The van der Waals surface area contributed by atoms with Gasteiger partial charge < -0.3 is 15.5 Å². The minimum atomic E-state index is -0.437. The number of halogens is 1.